The van der Waals surface area contributed by atoms with Gasteiger partial charge in [-0.1, -0.05) is 43.6 Å². The van der Waals surface area contributed by atoms with Crippen LogP contribution in [0, 0.1) is 5.92 Å². The van der Waals surface area contributed by atoms with Crippen molar-refractivity contribution in [1.82, 2.24) is 0 Å². The fraction of sp³-hybridized carbons (Fsp3) is 0.600. The SMILES string of the molecule is C=C(C)C1CCC(C)=CC1c1c(O)cc(CCCCC)cc1OP(=O)(CP(=O)(OC)OC)OC. The number of benzene rings is 1. The third-order valence-corrected chi connectivity index (χ3v) is 11.3. The molecule has 0 radical (unpaired) electrons. The van der Waals surface area contributed by atoms with Gasteiger partial charge in [-0.3, -0.25) is 4.57 Å². The van der Waals surface area contributed by atoms with Gasteiger partial charge in [-0.2, -0.15) is 0 Å². The van der Waals surface area contributed by atoms with Gasteiger partial charge in [0.1, 0.15) is 11.5 Å². The smallest absolute Gasteiger partial charge is 0.391 e. The predicted molar refractivity (Wildman–Crippen MR) is 137 cm³/mol. The molecule has 0 amide bonds. The molecule has 192 valence electrons. The summed E-state index contributed by atoms with van der Waals surface area (Å²) in [5, 5.41) is 11.2. The molecule has 0 spiro atoms. The first-order valence-corrected chi connectivity index (χ1v) is 15.2. The van der Waals surface area contributed by atoms with Gasteiger partial charge in [0.25, 0.3) is 0 Å². The summed E-state index contributed by atoms with van der Waals surface area (Å²) in [6, 6.07) is 3.58. The minimum Gasteiger partial charge on any atom is -0.507 e. The highest BCUT2D eigenvalue weighted by Crippen LogP contribution is 2.63. The van der Waals surface area contributed by atoms with Gasteiger partial charge < -0.3 is 23.2 Å². The number of aromatic hydroxyl groups is 1. The van der Waals surface area contributed by atoms with E-state index in [1.54, 1.807) is 6.07 Å². The molecule has 0 fully saturated rings. The first kappa shape index (κ1) is 28.9. The second kappa shape index (κ2) is 12.6. The number of hydrogen-bond donors (Lipinski definition) is 1. The quantitative estimate of drug-likeness (QED) is 0.163. The van der Waals surface area contributed by atoms with E-state index in [1.165, 1.54) is 26.9 Å². The monoisotopic (exact) mass is 514 g/mol. The number of hydrogen-bond acceptors (Lipinski definition) is 7. The number of aryl methyl sites for hydroxylation is 1. The normalized spacial score (nSPS) is 20.5. The Morgan fingerprint density at radius 1 is 1.12 bits per heavy atom. The van der Waals surface area contributed by atoms with Crippen molar-refractivity contribution in [3.8, 4) is 11.5 Å². The summed E-state index contributed by atoms with van der Waals surface area (Å²) in [7, 11) is -3.95. The highest BCUT2D eigenvalue weighted by Gasteiger charge is 2.40. The third kappa shape index (κ3) is 7.32. The van der Waals surface area contributed by atoms with Gasteiger partial charge in [0.05, 0.1) is 0 Å². The van der Waals surface area contributed by atoms with E-state index in [0.29, 0.717) is 5.56 Å². The van der Waals surface area contributed by atoms with Crippen molar-refractivity contribution in [2.24, 2.45) is 5.92 Å². The lowest BCUT2D eigenvalue weighted by Crippen LogP contribution is -2.18. The van der Waals surface area contributed by atoms with Crippen LogP contribution in [0.15, 0.2) is 35.9 Å². The fourth-order valence-electron chi connectivity index (χ4n) is 4.38. The molecule has 1 aromatic carbocycles. The number of phenols is 1. The van der Waals surface area contributed by atoms with Crippen LogP contribution in [0.4, 0.5) is 0 Å². The van der Waals surface area contributed by atoms with Gasteiger partial charge in [0.15, 0.2) is 5.90 Å². The van der Waals surface area contributed by atoms with Crippen LogP contribution in [0.1, 0.15) is 69.9 Å². The van der Waals surface area contributed by atoms with Crippen molar-refractivity contribution in [1.29, 1.82) is 0 Å². The van der Waals surface area contributed by atoms with E-state index in [4.69, 9.17) is 18.1 Å². The summed E-state index contributed by atoms with van der Waals surface area (Å²) in [4.78, 5) is 0. The lowest BCUT2D eigenvalue weighted by Gasteiger charge is -2.33. The maximum Gasteiger partial charge on any atom is 0.391 e. The molecule has 0 aliphatic heterocycles. The zero-order valence-corrected chi connectivity index (χ0v) is 23.1. The predicted octanol–water partition coefficient (Wildman–Crippen LogP) is 7.80. The van der Waals surface area contributed by atoms with Gasteiger partial charge >= 0.3 is 15.2 Å². The standard InChI is InChI=1S/C25H40O7P2/c1-8-9-10-11-20-15-23(26)25(22-14-19(4)12-13-21(22)18(2)3)24(16-20)32-34(28,31-7)17-33(27,29-5)30-6/h14-16,21-22,26H,2,8-13,17H2,1,3-7H3. The van der Waals surface area contributed by atoms with E-state index >= 15 is 0 Å². The van der Waals surface area contributed by atoms with Crippen molar-refractivity contribution in [2.75, 3.05) is 27.2 Å². The van der Waals surface area contributed by atoms with Crippen LogP contribution in [0.3, 0.4) is 0 Å². The Bertz CT molecular complexity index is 978. The van der Waals surface area contributed by atoms with Gasteiger partial charge in [0.2, 0.25) is 0 Å². The van der Waals surface area contributed by atoms with Gasteiger partial charge in [0, 0.05) is 32.8 Å². The molecule has 0 saturated heterocycles. The molecule has 2 rings (SSSR count). The molecule has 1 aliphatic carbocycles. The van der Waals surface area contributed by atoms with Crippen LogP contribution in [0.5, 0.6) is 11.5 Å². The van der Waals surface area contributed by atoms with Crippen molar-refractivity contribution in [3.05, 3.63) is 47.1 Å². The van der Waals surface area contributed by atoms with E-state index in [-0.39, 0.29) is 23.3 Å². The van der Waals surface area contributed by atoms with E-state index in [1.807, 2.05) is 13.0 Å². The Morgan fingerprint density at radius 3 is 2.32 bits per heavy atom. The Kier molecular flexibility index (Phi) is 10.7. The maximum absolute atomic E-state index is 13.6. The molecule has 1 N–H and O–H groups in total. The molecule has 3 unspecified atom stereocenters. The van der Waals surface area contributed by atoms with Crippen molar-refractivity contribution < 1.29 is 32.3 Å². The summed E-state index contributed by atoms with van der Waals surface area (Å²) in [6.07, 6.45) is 7.79. The van der Waals surface area contributed by atoms with E-state index < -0.39 is 21.1 Å². The van der Waals surface area contributed by atoms with Crippen LogP contribution >= 0.6 is 15.2 Å². The highest BCUT2D eigenvalue weighted by molar-refractivity contribution is 7.71. The summed E-state index contributed by atoms with van der Waals surface area (Å²) in [5.41, 5.74) is 3.62. The fourth-order valence-corrected chi connectivity index (χ4v) is 8.37. The van der Waals surface area contributed by atoms with Crippen LogP contribution in [-0.4, -0.2) is 32.3 Å². The number of rotatable bonds is 13. The lowest BCUT2D eigenvalue weighted by molar-refractivity contribution is 0.273. The molecule has 1 aromatic rings. The average Bonchev–Trinajstić information content (AvgIpc) is 2.78. The zero-order chi connectivity index (χ0) is 25.5. The third-order valence-electron chi connectivity index (χ3n) is 6.38. The van der Waals surface area contributed by atoms with Gasteiger partial charge in [-0.25, -0.2) is 4.57 Å². The van der Waals surface area contributed by atoms with Crippen LogP contribution in [0.25, 0.3) is 0 Å². The summed E-state index contributed by atoms with van der Waals surface area (Å²) in [5.74, 6) is -0.317. The first-order valence-electron chi connectivity index (χ1n) is 11.7. The van der Waals surface area contributed by atoms with Gasteiger partial charge in [-0.15, -0.1) is 0 Å². The molecule has 0 aromatic heterocycles. The molecule has 0 bridgehead atoms. The van der Waals surface area contributed by atoms with E-state index in [0.717, 1.165) is 49.7 Å². The van der Waals surface area contributed by atoms with Gasteiger partial charge in [-0.05, 0) is 63.1 Å². The average molecular weight is 515 g/mol. The minimum absolute atomic E-state index is 0.0792. The molecule has 0 saturated carbocycles. The molecule has 7 nitrogen and oxygen atoms in total. The minimum atomic E-state index is -3.95. The second-order valence-electron chi connectivity index (χ2n) is 9.02. The molecule has 34 heavy (non-hydrogen) atoms. The molecule has 9 heteroatoms. The Labute approximate surface area is 204 Å². The van der Waals surface area contributed by atoms with Crippen LogP contribution in [-0.2, 0) is 29.1 Å². The summed E-state index contributed by atoms with van der Waals surface area (Å²) < 4.78 is 47.5. The van der Waals surface area contributed by atoms with Crippen molar-refractivity contribution in [2.45, 2.75) is 65.2 Å². The van der Waals surface area contributed by atoms with Crippen LogP contribution < -0.4 is 4.52 Å². The number of phenolic OH excluding ortho intramolecular Hbond substituents is 1. The molecular weight excluding hydrogens is 474 g/mol. The second-order valence-corrected chi connectivity index (χ2v) is 13.9. The molecule has 3 atom stereocenters. The van der Waals surface area contributed by atoms with Crippen LogP contribution in [0.2, 0.25) is 0 Å². The summed E-state index contributed by atoms with van der Waals surface area (Å²) in [6.45, 7) is 10.3. The van der Waals surface area contributed by atoms with E-state index in [2.05, 4.69) is 26.5 Å². The maximum atomic E-state index is 13.6. The largest absolute Gasteiger partial charge is 0.507 e. The highest BCUT2D eigenvalue weighted by atomic mass is 31.2. The van der Waals surface area contributed by atoms with E-state index in [9.17, 15) is 14.2 Å². The number of unbranched alkanes of at least 4 members (excludes halogenated alkanes) is 2. The lowest BCUT2D eigenvalue weighted by atomic mass is 9.73. The zero-order valence-electron chi connectivity index (χ0n) is 21.3. The Balaban J connectivity index is 2.62. The van der Waals surface area contributed by atoms with Crippen molar-refractivity contribution >= 4 is 15.2 Å². The Hall–Kier alpha value is -1.36. The number of allylic oxidation sites excluding steroid dienone is 3. The summed E-state index contributed by atoms with van der Waals surface area (Å²) >= 11 is 0. The topological polar surface area (TPSA) is 91.3 Å². The van der Waals surface area contributed by atoms with Crippen molar-refractivity contribution in [3.63, 3.8) is 0 Å². The molecular formula is C25H40O7P2. The molecule has 0 heterocycles. The molecule has 1 aliphatic rings. The first-order chi connectivity index (χ1) is 16.0. The Morgan fingerprint density at radius 2 is 1.76 bits per heavy atom.